The van der Waals surface area contributed by atoms with Crippen LogP contribution in [0.2, 0.25) is 0 Å². The third-order valence-electron chi connectivity index (χ3n) is 3.94. The SMILES string of the molecule is COC(=O)Cn1c(=NC(=O)c2ccc3ncsc3c2)sc2cc(Br)ccc21. The van der Waals surface area contributed by atoms with Gasteiger partial charge in [-0.1, -0.05) is 27.3 Å². The van der Waals surface area contributed by atoms with Crippen molar-refractivity contribution < 1.29 is 14.3 Å². The molecule has 0 atom stereocenters. The van der Waals surface area contributed by atoms with Crippen molar-refractivity contribution in [3.63, 3.8) is 0 Å². The second-order valence-corrected chi connectivity index (χ2v) is 8.42. The highest BCUT2D eigenvalue weighted by Crippen LogP contribution is 2.23. The van der Waals surface area contributed by atoms with Crippen molar-refractivity contribution in [1.82, 2.24) is 9.55 Å². The number of carbonyl (C=O) groups excluding carboxylic acids is 2. The first-order chi connectivity index (χ1) is 13.0. The minimum atomic E-state index is -0.405. The zero-order valence-corrected chi connectivity index (χ0v) is 17.2. The second kappa shape index (κ2) is 7.34. The molecular formula is C18H12BrN3O3S2. The van der Waals surface area contributed by atoms with Gasteiger partial charge in [-0.15, -0.1) is 11.3 Å². The quantitative estimate of drug-likeness (QED) is 0.432. The number of hydrogen-bond acceptors (Lipinski definition) is 6. The molecule has 0 fully saturated rings. The fraction of sp³-hybridized carbons (Fsp3) is 0.111. The van der Waals surface area contributed by atoms with Gasteiger partial charge >= 0.3 is 5.97 Å². The molecule has 0 spiro atoms. The van der Waals surface area contributed by atoms with Crippen molar-refractivity contribution in [2.24, 2.45) is 4.99 Å². The predicted octanol–water partition coefficient (Wildman–Crippen LogP) is 3.99. The van der Waals surface area contributed by atoms with Gasteiger partial charge in [0.05, 0.1) is 33.1 Å². The van der Waals surface area contributed by atoms with Gasteiger partial charge in [-0.25, -0.2) is 4.98 Å². The number of thiazole rings is 2. The molecule has 2 heterocycles. The number of nitrogens with zero attached hydrogens (tertiary/aromatic N) is 3. The molecule has 9 heteroatoms. The van der Waals surface area contributed by atoms with Gasteiger partial charge in [0.2, 0.25) is 0 Å². The lowest BCUT2D eigenvalue weighted by atomic mass is 10.2. The summed E-state index contributed by atoms with van der Waals surface area (Å²) < 4.78 is 9.24. The molecule has 1 amide bonds. The number of fused-ring (bicyclic) bond motifs is 2. The Balaban J connectivity index is 1.84. The van der Waals surface area contributed by atoms with Gasteiger partial charge in [0.15, 0.2) is 4.80 Å². The summed E-state index contributed by atoms with van der Waals surface area (Å²) in [6.45, 7) is -0.0157. The van der Waals surface area contributed by atoms with Gasteiger partial charge in [-0.3, -0.25) is 9.59 Å². The molecule has 2 aromatic heterocycles. The third-order valence-corrected chi connectivity index (χ3v) is 6.26. The van der Waals surface area contributed by atoms with Crippen LogP contribution in [-0.2, 0) is 16.1 Å². The summed E-state index contributed by atoms with van der Waals surface area (Å²) in [5.41, 5.74) is 3.89. The Morgan fingerprint density at radius 2 is 2.07 bits per heavy atom. The van der Waals surface area contributed by atoms with E-state index in [9.17, 15) is 9.59 Å². The number of carbonyl (C=O) groups is 2. The fourth-order valence-electron chi connectivity index (χ4n) is 2.62. The van der Waals surface area contributed by atoms with E-state index in [1.165, 1.54) is 29.8 Å². The lowest BCUT2D eigenvalue weighted by molar-refractivity contribution is -0.141. The topological polar surface area (TPSA) is 73.6 Å². The Morgan fingerprint density at radius 3 is 2.89 bits per heavy atom. The maximum Gasteiger partial charge on any atom is 0.325 e. The van der Waals surface area contributed by atoms with Crippen LogP contribution in [0.1, 0.15) is 10.4 Å². The molecule has 4 aromatic rings. The number of esters is 1. The highest BCUT2D eigenvalue weighted by Gasteiger charge is 2.13. The van der Waals surface area contributed by atoms with Crippen LogP contribution in [0.25, 0.3) is 20.4 Å². The summed E-state index contributed by atoms with van der Waals surface area (Å²) in [5, 5.41) is 0. The summed E-state index contributed by atoms with van der Waals surface area (Å²) >= 11 is 6.26. The van der Waals surface area contributed by atoms with Crippen LogP contribution in [0.3, 0.4) is 0 Å². The zero-order chi connectivity index (χ0) is 19.0. The number of hydrogen-bond donors (Lipinski definition) is 0. The highest BCUT2D eigenvalue weighted by atomic mass is 79.9. The lowest BCUT2D eigenvalue weighted by Gasteiger charge is -2.03. The van der Waals surface area contributed by atoms with E-state index in [0.717, 1.165) is 24.9 Å². The van der Waals surface area contributed by atoms with Gasteiger partial charge in [0, 0.05) is 10.0 Å². The molecule has 0 aliphatic carbocycles. The van der Waals surface area contributed by atoms with Crippen LogP contribution in [-0.4, -0.2) is 28.5 Å². The molecule has 0 N–H and O–H groups in total. The number of amides is 1. The van der Waals surface area contributed by atoms with Crippen molar-refractivity contribution in [3.8, 4) is 0 Å². The van der Waals surface area contributed by atoms with E-state index in [1.807, 2.05) is 18.2 Å². The van der Waals surface area contributed by atoms with Gasteiger partial charge in [0.25, 0.3) is 5.91 Å². The van der Waals surface area contributed by atoms with Crippen molar-refractivity contribution in [2.45, 2.75) is 6.54 Å². The monoisotopic (exact) mass is 461 g/mol. The lowest BCUT2D eigenvalue weighted by Crippen LogP contribution is -2.22. The average molecular weight is 462 g/mol. The van der Waals surface area contributed by atoms with Crippen LogP contribution in [0.4, 0.5) is 0 Å². The van der Waals surface area contributed by atoms with Crippen LogP contribution in [0, 0.1) is 0 Å². The maximum atomic E-state index is 12.7. The third kappa shape index (κ3) is 3.58. The maximum absolute atomic E-state index is 12.7. The van der Waals surface area contributed by atoms with E-state index in [-0.39, 0.29) is 12.5 Å². The molecule has 0 unspecified atom stereocenters. The van der Waals surface area contributed by atoms with E-state index in [0.29, 0.717) is 10.4 Å². The van der Waals surface area contributed by atoms with Crippen LogP contribution in [0.15, 0.2) is 51.4 Å². The van der Waals surface area contributed by atoms with E-state index >= 15 is 0 Å². The predicted molar refractivity (Wildman–Crippen MR) is 109 cm³/mol. The Kier molecular flexibility index (Phi) is 4.90. The average Bonchev–Trinajstić information content (AvgIpc) is 3.25. The van der Waals surface area contributed by atoms with Gasteiger partial charge in [0.1, 0.15) is 6.54 Å². The number of aromatic nitrogens is 2. The highest BCUT2D eigenvalue weighted by molar-refractivity contribution is 9.10. The van der Waals surface area contributed by atoms with Gasteiger partial charge in [-0.2, -0.15) is 4.99 Å². The molecule has 0 radical (unpaired) electrons. The van der Waals surface area contributed by atoms with Crippen molar-refractivity contribution in [2.75, 3.05) is 7.11 Å². The summed E-state index contributed by atoms with van der Waals surface area (Å²) in [4.78, 5) is 33.5. The van der Waals surface area contributed by atoms with Crippen molar-refractivity contribution in [1.29, 1.82) is 0 Å². The van der Waals surface area contributed by atoms with Gasteiger partial charge < -0.3 is 9.30 Å². The Bertz CT molecular complexity index is 1260. The first-order valence-electron chi connectivity index (χ1n) is 7.83. The molecule has 0 bridgehead atoms. The van der Waals surface area contributed by atoms with Crippen LogP contribution >= 0.6 is 38.6 Å². The van der Waals surface area contributed by atoms with E-state index in [1.54, 1.807) is 28.3 Å². The minimum absolute atomic E-state index is 0.0157. The summed E-state index contributed by atoms with van der Waals surface area (Å²) in [7, 11) is 1.33. The van der Waals surface area contributed by atoms with E-state index < -0.39 is 5.97 Å². The molecular weight excluding hydrogens is 450 g/mol. The Labute approximate surface area is 169 Å². The summed E-state index contributed by atoms with van der Waals surface area (Å²) in [6.07, 6.45) is 0. The minimum Gasteiger partial charge on any atom is -0.468 e. The standard InChI is InChI=1S/C18H12BrN3O3S2/c1-25-16(23)8-22-13-5-3-11(19)7-15(13)27-18(22)21-17(24)10-2-4-12-14(6-10)26-9-20-12/h2-7,9H,8H2,1H3. The molecule has 6 nitrogen and oxygen atoms in total. The molecule has 2 aromatic carbocycles. The number of rotatable bonds is 3. The van der Waals surface area contributed by atoms with Crippen molar-refractivity contribution in [3.05, 3.63) is 56.7 Å². The molecule has 0 aliphatic heterocycles. The molecule has 4 rings (SSSR count). The van der Waals surface area contributed by atoms with E-state index in [2.05, 4.69) is 25.9 Å². The zero-order valence-electron chi connectivity index (χ0n) is 14.0. The molecule has 0 saturated heterocycles. The first-order valence-corrected chi connectivity index (χ1v) is 10.3. The molecule has 136 valence electrons. The second-order valence-electron chi connectivity index (χ2n) is 5.61. The Morgan fingerprint density at radius 1 is 1.22 bits per heavy atom. The molecule has 27 heavy (non-hydrogen) atoms. The number of ether oxygens (including phenoxy) is 1. The fourth-order valence-corrected chi connectivity index (χ4v) is 4.91. The molecule has 0 saturated carbocycles. The normalized spacial score (nSPS) is 12.0. The summed E-state index contributed by atoms with van der Waals surface area (Å²) in [6, 6.07) is 11.0. The van der Waals surface area contributed by atoms with Crippen LogP contribution < -0.4 is 4.80 Å². The van der Waals surface area contributed by atoms with Gasteiger partial charge in [-0.05, 0) is 36.4 Å². The Hall–Kier alpha value is -2.36. The van der Waals surface area contributed by atoms with E-state index in [4.69, 9.17) is 4.74 Å². The largest absolute Gasteiger partial charge is 0.468 e. The smallest absolute Gasteiger partial charge is 0.325 e. The number of halogens is 1. The van der Waals surface area contributed by atoms with Crippen LogP contribution in [0.5, 0.6) is 0 Å². The number of benzene rings is 2. The first kappa shape index (κ1) is 18.0. The number of methoxy groups -OCH3 is 1. The van der Waals surface area contributed by atoms with Crippen molar-refractivity contribution >= 4 is 70.9 Å². The molecule has 0 aliphatic rings. The summed E-state index contributed by atoms with van der Waals surface area (Å²) in [5.74, 6) is -0.771.